The average Bonchev–Trinajstić information content (AvgIpc) is 1.94. The Morgan fingerprint density at radius 2 is 2.36 bits per heavy atom. The van der Waals surface area contributed by atoms with E-state index in [1.165, 1.54) is 0 Å². The lowest BCUT2D eigenvalue weighted by Crippen LogP contribution is -2.25. The Bertz CT molecular complexity index is 269. The van der Waals surface area contributed by atoms with Crippen molar-refractivity contribution in [3.8, 4) is 0 Å². The number of carbonyl (C=O) groups excluding carboxylic acids is 1. The Kier molecular flexibility index (Phi) is 1.80. The normalized spacial score (nSPS) is 23.2. The summed E-state index contributed by atoms with van der Waals surface area (Å²) >= 11 is 0. The van der Waals surface area contributed by atoms with Crippen molar-refractivity contribution >= 4 is 18.0 Å². The van der Waals surface area contributed by atoms with Crippen LogP contribution in [0.15, 0.2) is 16.8 Å². The number of nitrogens with zero attached hydrogens (tertiary/aromatic N) is 1. The van der Waals surface area contributed by atoms with Crippen molar-refractivity contribution in [1.29, 1.82) is 0 Å². The molecular formula is C6H4FNO3. The Morgan fingerprint density at radius 1 is 1.73 bits per heavy atom. The average molecular weight is 157 g/mol. The molecule has 0 bridgehead atoms. The third-order valence-corrected chi connectivity index (χ3v) is 1.17. The van der Waals surface area contributed by atoms with Crippen molar-refractivity contribution in [2.24, 2.45) is 4.99 Å². The van der Waals surface area contributed by atoms with Gasteiger partial charge in [-0.15, -0.1) is 0 Å². The molecule has 0 saturated heterocycles. The fraction of sp³-hybridized carbons (Fsp3) is 0.167. The van der Waals surface area contributed by atoms with Crippen molar-refractivity contribution in [2.45, 2.75) is 6.17 Å². The molecule has 0 spiro atoms. The molecule has 0 aromatic carbocycles. The topological polar surface area (TPSA) is 66.7 Å². The first-order valence-electron chi connectivity index (χ1n) is 2.78. The van der Waals surface area contributed by atoms with Crippen LogP contribution in [-0.4, -0.2) is 29.2 Å². The summed E-state index contributed by atoms with van der Waals surface area (Å²) in [6.07, 6.45) is -0.318. The lowest BCUT2D eigenvalue weighted by Gasteiger charge is -2.04. The summed E-state index contributed by atoms with van der Waals surface area (Å²) in [5.41, 5.74) is -0.611. The molecule has 1 aliphatic heterocycles. The predicted octanol–water partition coefficient (Wildman–Crippen LogP) is -0.0535. The quantitative estimate of drug-likeness (QED) is 0.542. The minimum absolute atomic E-state index is 0.611. The van der Waals surface area contributed by atoms with E-state index in [1.54, 1.807) is 0 Å². The molecule has 1 rings (SSSR count). The first-order chi connectivity index (χ1) is 5.13. The second-order valence-corrected chi connectivity index (χ2v) is 1.91. The molecule has 4 nitrogen and oxygen atoms in total. The zero-order valence-electron chi connectivity index (χ0n) is 5.32. The van der Waals surface area contributed by atoms with Crippen LogP contribution in [0.5, 0.6) is 0 Å². The summed E-state index contributed by atoms with van der Waals surface area (Å²) in [7, 11) is 0. The van der Waals surface area contributed by atoms with Gasteiger partial charge in [-0.05, 0) is 0 Å². The SMILES string of the molecule is O=C(O)C1=CN=CC(F)C1=O. The van der Waals surface area contributed by atoms with Gasteiger partial charge in [0.05, 0.1) is 0 Å². The fourth-order valence-corrected chi connectivity index (χ4v) is 0.634. The van der Waals surface area contributed by atoms with Crippen LogP contribution < -0.4 is 0 Å². The van der Waals surface area contributed by atoms with Crippen LogP contribution in [0, 0.1) is 0 Å². The van der Waals surface area contributed by atoms with Crippen molar-refractivity contribution in [2.75, 3.05) is 0 Å². The van der Waals surface area contributed by atoms with Crippen molar-refractivity contribution in [1.82, 2.24) is 0 Å². The lowest BCUT2D eigenvalue weighted by atomic mass is 10.1. The van der Waals surface area contributed by atoms with Crippen molar-refractivity contribution in [3.63, 3.8) is 0 Å². The van der Waals surface area contributed by atoms with Crippen LogP contribution in [0.1, 0.15) is 0 Å². The summed E-state index contributed by atoms with van der Waals surface area (Å²) in [5.74, 6) is -2.50. The van der Waals surface area contributed by atoms with Crippen LogP contribution in [0.4, 0.5) is 4.39 Å². The third-order valence-electron chi connectivity index (χ3n) is 1.17. The molecule has 58 valence electrons. The molecule has 5 heteroatoms. The molecule has 1 N–H and O–H groups in total. The van der Waals surface area contributed by atoms with E-state index in [4.69, 9.17) is 5.11 Å². The number of alkyl halides is 1. The Labute approximate surface area is 61.0 Å². The van der Waals surface area contributed by atoms with Crippen molar-refractivity contribution < 1.29 is 19.1 Å². The molecule has 1 heterocycles. The van der Waals surface area contributed by atoms with Crippen LogP contribution in [-0.2, 0) is 9.59 Å². The number of hydrogen-bond donors (Lipinski definition) is 1. The molecule has 0 radical (unpaired) electrons. The van der Waals surface area contributed by atoms with E-state index in [0.29, 0.717) is 0 Å². The number of carboxylic acid groups (broad SMARTS) is 1. The molecule has 0 aromatic rings. The van der Waals surface area contributed by atoms with Crippen LogP contribution in [0.25, 0.3) is 0 Å². The van der Waals surface area contributed by atoms with Crippen LogP contribution in [0.2, 0.25) is 0 Å². The number of Topliss-reactive ketones (excluding diaryl/α,β-unsaturated/α-hetero) is 1. The number of carboxylic acids is 1. The lowest BCUT2D eigenvalue weighted by molar-refractivity contribution is -0.135. The number of rotatable bonds is 1. The monoisotopic (exact) mass is 157 g/mol. The van der Waals surface area contributed by atoms with E-state index in [0.717, 1.165) is 12.4 Å². The second-order valence-electron chi connectivity index (χ2n) is 1.91. The van der Waals surface area contributed by atoms with E-state index in [2.05, 4.69) is 4.99 Å². The summed E-state index contributed by atoms with van der Waals surface area (Å²) in [6.45, 7) is 0. The van der Waals surface area contributed by atoms with E-state index in [1.807, 2.05) is 0 Å². The molecule has 0 saturated carbocycles. The minimum atomic E-state index is -1.91. The molecule has 1 atom stereocenters. The van der Waals surface area contributed by atoms with Gasteiger partial charge in [0.1, 0.15) is 5.57 Å². The summed E-state index contributed by atoms with van der Waals surface area (Å²) in [4.78, 5) is 24.1. The van der Waals surface area contributed by atoms with Crippen molar-refractivity contribution in [3.05, 3.63) is 11.8 Å². The number of halogens is 1. The largest absolute Gasteiger partial charge is 0.478 e. The van der Waals surface area contributed by atoms with Gasteiger partial charge in [0.25, 0.3) is 0 Å². The Hall–Kier alpha value is -1.52. The van der Waals surface area contributed by atoms with Gasteiger partial charge in [0.15, 0.2) is 6.17 Å². The van der Waals surface area contributed by atoms with Gasteiger partial charge in [-0.25, -0.2) is 9.18 Å². The van der Waals surface area contributed by atoms with Crippen LogP contribution in [0.3, 0.4) is 0 Å². The van der Waals surface area contributed by atoms with Gasteiger partial charge in [0.2, 0.25) is 5.78 Å². The highest BCUT2D eigenvalue weighted by Gasteiger charge is 2.27. The highest BCUT2D eigenvalue weighted by Crippen LogP contribution is 2.07. The molecule has 0 aliphatic carbocycles. The molecule has 11 heavy (non-hydrogen) atoms. The summed E-state index contributed by atoms with van der Waals surface area (Å²) < 4.78 is 12.4. The maximum absolute atomic E-state index is 12.4. The standard InChI is InChI=1S/C6H4FNO3/c7-4-2-8-1-3(5(4)9)6(10)11/h1-2,4H,(H,10,11). The smallest absolute Gasteiger partial charge is 0.341 e. The van der Waals surface area contributed by atoms with Gasteiger partial charge in [-0.1, -0.05) is 0 Å². The third kappa shape index (κ3) is 1.31. The molecule has 1 aliphatic rings. The second kappa shape index (κ2) is 2.61. The number of aliphatic imine (C=N–C) groups is 1. The zero-order valence-corrected chi connectivity index (χ0v) is 5.32. The maximum atomic E-state index is 12.4. The number of aliphatic carboxylic acids is 1. The van der Waals surface area contributed by atoms with Gasteiger partial charge in [-0.2, -0.15) is 0 Å². The highest BCUT2D eigenvalue weighted by atomic mass is 19.1. The predicted molar refractivity (Wildman–Crippen MR) is 34.1 cm³/mol. The molecule has 0 fully saturated rings. The molecular weight excluding hydrogens is 153 g/mol. The van der Waals surface area contributed by atoms with Gasteiger partial charge < -0.3 is 5.11 Å². The fourth-order valence-electron chi connectivity index (χ4n) is 0.634. The molecule has 0 aromatic heterocycles. The highest BCUT2D eigenvalue weighted by molar-refractivity contribution is 6.23. The van der Waals surface area contributed by atoms with E-state index >= 15 is 0 Å². The zero-order chi connectivity index (χ0) is 8.43. The Balaban J connectivity index is 2.96. The number of carbonyl (C=O) groups is 2. The summed E-state index contributed by atoms with van der Waals surface area (Å²) in [6, 6.07) is 0. The first kappa shape index (κ1) is 7.59. The van der Waals surface area contributed by atoms with E-state index in [9.17, 15) is 14.0 Å². The van der Waals surface area contributed by atoms with Crippen LogP contribution >= 0.6 is 0 Å². The number of hydrogen-bond acceptors (Lipinski definition) is 3. The van der Waals surface area contributed by atoms with Gasteiger partial charge in [-0.3, -0.25) is 9.79 Å². The van der Waals surface area contributed by atoms with Gasteiger partial charge >= 0.3 is 5.97 Å². The first-order valence-corrected chi connectivity index (χ1v) is 2.78. The molecule has 0 amide bonds. The number of ketones is 1. The van der Waals surface area contributed by atoms with E-state index < -0.39 is 23.5 Å². The summed E-state index contributed by atoms with van der Waals surface area (Å²) in [5, 5.41) is 8.30. The minimum Gasteiger partial charge on any atom is -0.478 e. The van der Waals surface area contributed by atoms with Gasteiger partial charge in [0, 0.05) is 12.4 Å². The van der Waals surface area contributed by atoms with E-state index in [-0.39, 0.29) is 0 Å². The Morgan fingerprint density at radius 3 is 2.82 bits per heavy atom. The maximum Gasteiger partial charge on any atom is 0.341 e. The molecule has 1 unspecified atom stereocenters.